The Hall–Kier alpha value is -0.610. The highest BCUT2D eigenvalue weighted by Crippen LogP contribution is 2.31. The van der Waals surface area contributed by atoms with Crippen LogP contribution in [-0.2, 0) is 14.3 Å². The van der Waals surface area contributed by atoms with Crippen molar-refractivity contribution in [1.29, 1.82) is 0 Å². The summed E-state index contributed by atoms with van der Waals surface area (Å²) in [7, 11) is 1.62. The largest absolute Gasteiger partial charge is 0.356 e. The van der Waals surface area contributed by atoms with Crippen molar-refractivity contribution in [2.24, 2.45) is 5.92 Å². The van der Waals surface area contributed by atoms with Gasteiger partial charge in [0.25, 0.3) is 0 Å². The van der Waals surface area contributed by atoms with Gasteiger partial charge in [-0.3, -0.25) is 4.79 Å². The molecule has 2 heterocycles. The van der Waals surface area contributed by atoms with E-state index in [1.165, 1.54) is 0 Å². The predicted octanol–water partition coefficient (Wildman–Crippen LogP) is -0.118. The summed E-state index contributed by atoms with van der Waals surface area (Å²) in [5, 5.41) is 2.84. The van der Waals surface area contributed by atoms with Crippen molar-refractivity contribution in [2.75, 3.05) is 7.11 Å². The van der Waals surface area contributed by atoms with E-state index in [4.69, 9.17) is 9.47 Å². The lowest BCUT2D eigenvalue weighted by molar-refractivity contribution is -0.214. The summed E-state index contributed by atoms with van der Waals surface area (Å²) in [4.78, 5) is 11.0. The molecular formula is C8H13NO3. The summed E-state index contributed by atoms with van der Waals surface area (Å²) in [6.45, 7) is 1.92. The smallest absolute Gasteiger partial charge is 0.228 e. The van der Waals surface area contributed by atoms with Gasteiger partial charge in [-0.1, -0.05) is 0 Å². The van der Waals surface area contributed by atoms with Gasteiger partial charge in [0.2, 0.25) is 5.91 Å². The molecule has 4 atom stereocenters. The molecule has 0 aromatic carbocycles. The molecule has 2 aliphatic rings. The first kappa shape index (κ1) is 8.01. The van der Waals surface area contributed by atoms with E-state index in [2.05, 4.69) is 5.32 Å². The molecule has 2 rings (SSSR count). The van der Waals surface area contributed by atoms with Crippen molar-refractivity contribution < 1.29 is 14.3 Å². The first-order valence-electron chi connectivity index (χ1n) is 4.21. The third kappa shape index (κ3) is 1.03. The van der Waals surface area contributed by atoms with E-state index in [1.54, 1.807) is 7.11 Å². The Balaban J connectivity index is 2.01. The van der Waals surface area contributed by atoms with Gasteiger partial charge in [-0.15, -0.1) is 0 Å². The summed E-state index contributed by atoms with van der Waals surface area (Å²) in [5.41, 5.74) is 0. The molecule has 0 spiro atoms. The topological polar surface area (TPSA) is 47.6 Å². The van der Waals surface area contributed by atoms with Gasteiger partial charge < -0.3 is 14.8 Å². The summed E-state index contributed by atoms with van der Waals surface area (Å²) in [6.07, 6.45) is 0.612. The van der Waals surface area contributed by atoms with Crippen LogP contribution in [0.4, 0.5) is 0 Å². The van der Waals surface area contributed by atoms with Crippen molar-refractivity contribution in [1.82, 2.24) is 5.32 Å². The fourth-order valence-electron chi connectivity index (χ4n) is 1.94. The van der Waals surface area contributed by atoms with Crippen LogP contribution < -0.4 is 5.32 Å². The van der Waals surface area contributed by atoms with Gasteiger partial charge in [-0.25, -0.2) is 0 Å². The van der Waals surface area contributed by atoms with Crippen LogP contribution in [0.5, 0.6) is 0 Å². The lowest BCUT2D eigenvalue weighted by atomic mass is 9.82. The number of β-lactam (4-membered cyclic amide) rings is 1. The zero-order valence-corrected chi connectivity index (χ0v) is 7.24. The highest BCUT2D eigenvalue weighted by Gasteiger charge is 2.48. The monoisotopic (exact) mass is 171 g/mol. The van der Waals surface area contributed by atoms with Gasteiger partial charge in [0.05, 0.1) is 12.0 Å². The highest BCUT2D eigenvalue weighted by molar-refractivity contribution is 5.86. The molecule has 68 valence electrons. The number of amides is 1. The molecular weight excluding hydrogens is 158 g/mol. The number of carbonyl (C=O) groups excluding carboxylic acids is 1. The molecule has 2 fully saturated rings. The third-order valence-corrected chi connectivity index (χ3v) is 2.65. The maximum Gasteiger partial charge on any atom is 0.228 e. The third-order valence-electron chi connectivity index (χ3n) is 2.65. The standard InChI is InChI=1S/C8H13NO3/c1-4-7-5(9-8(7)10)3-6(11-2)12-4/h4-7H,3H2,1-2H3,(H,9,10). The Morgan fingerprint density at radius 1 is 1.67 bits per heavy atom. The molecule has 1 N–H and O–H groups in total. The lowest BCUT2D eigenvalue weighted by Crippen LogP contribution is -2.66. The van der Waals surface area contributed by atoms with Crippen molar-refractivity contribution in [2.45, 2.75) is 31.8 Å². The van der Waals surface area contributed by atoms with Crippen LogP contribution in [0.25, 0.3) is 0 Å². The Bertz CT molecular complexity index is 198. The van der Waals surface area contributed by atoms with Crippen LogP contribution in [0.2, 0.25) is 0 Å². The number of ether oxygens (including phenoxy) is 2. The average molecular weight is 171 g/mol. The zero-order valence-electron chi connectivity index (χ0n) is 7.24. The SMILES string of the molecule is COC1CC2NC(=O)C2C(C)O1. The maximum atomic E-state index is 11.0. The first-order chi connectivity index (χ1) is 5.72. The van der Waals surface area contributed by atoms with Crippen LogP contribution >= 0.6 is 0 Å². The van der Waals surface area contributed by atoms with Gasteiger partial charge in [0.1, 0.15) is 0 Å². The average Bonchev–Trinajstić information content (AvgIpc) is 2.00. The highest BCUT2D eigenvalue weighted by atomic mass is 16.7. The van der Waals surface area contributed by atoms with E-state index in [0.717, 1.165) is 6.42 Å². The molecule has 2 aliphatic heterocycles. The zero-order chi connectivity index (χ0) is 8.72. The number of carbonyl (C=O) groups is 1. The molecule has 0 aromatic rings. The van der Waals surface area contributed by atoms with E-state index in [-0.39, 0.29) is 30.3 Å². The quantitative estimate of drug-likeness (QED) is 0.560. The number of nitrogens with one attached hydrogen (secondary N) is 1. The van der Waals surface area contributed by atoms with Crippen molar-refractivity contribution in [3.63, 3.8) is 0 Å². The number of methoxy groups -OCH3 is 1. The van der Waals surface area contributed by atoms with Crippen LogP contribution in [0.15, 0.2) is 0 Å². The Morgan fingerprint density at radius 2 is 2.42 bits per heavy atom. The van der Waals surface area contributed by atoms with Crippen molar-refractivity contribution in [3.8, 4) is 0 Å². The van der Waals surface area contributed by atoms with Crippen LogP contribution in [0, 0.1) is 5.92 Å². The van der Waals surface area contributed by atoms with Crippen LogP contribution in [0.1, 0.15) is 13.3 Å². The minimum atomic E-state index is -0.151. The number of rotatable bonds is 1. The Morgan fingerprint density at radius 3 is 2.92 bits per heavy atom. The van der Waals surface area contributed by atoms with Gasteiger partial charge in [-0.05, 0) is 6.92 Å². The van der Waals surface area contributed by atoms with Crippen LogP contribution in [0.3, 0.4) is 0 Å². The van der Waals surface area contributed by atoms with Gasteiger partial charge in [-0.2, -0.15) is 0 Å². The molecule has 0 aromatic heterocycles. The minimum absolute atomic E-state index is 0.0116. The van der Waals surface area contributed by atoms with E-state index in [0.29, 0.717) is 0 Å². The number of hydrogen-bond acceptors (Lipinski definition) is 3. The maximum absolute atomic E-state index is 11.0. The van der Waals surface area contributed by atoms with E-state index < -0.39 is 0 Å². The molecule has 4 unspecified atom stereocenters. The summed E-state index contributed by atoms with van der Waals surface area (Å²) in [5.74, 6) is 0.165. The molecule has 0 aliphatic carbocycles. The number of fused-ring (bicyclic) bond motifs is 1. The second-order valence-electron chi connectivity index (χ2n) is 3.38. The number of hydrogen-bond donors (Lipinski definition) is 1. The fourth-order valence-corrected chi connectivity index (χ4v) is 1.94. The van der Waals surface area contributed by atoms with Crippen molar-refractivity contribution in [3.05, 3.63) is 0 Å². The van der Waals surface area contributed by atoms with Crippen LogP contribution in [-0.4, -0.2) is 31.5 Å². The Labute approximate surface area is 71.2 Å². The molecule has 0 bridgehead atoms. The molecule has 4 nitrogen and oxygen atoms in total. The summed E-state index contributed by atoms with van der Waals surface area (Å²) >= 11 is 0. The fraction of sp³-hybridized carbons (Fsp3) is 0.875. The predicted molar refractivity (Wildman–Crippen MR) is 41.4 cm³/mol. The Kier molecular flexibility index (Phi) is 1.81. The normalized spacial score (nSPS) is 46.0. The second kappa shape index (κ2) is 2.71. The minimum Gasteiger partial charge on any atom is -0.356 e. The van der Waals surface area contributed by atoms with E-state index in [9.17, 15) is 4.79 Å². The lowest BCUT2D eigenvalue weighted by Gasteiger charge is -2.46. The molecule has 2 saturated heterocycles. The second-order valence-corrected chi connectivity index (χ2v) is 3.38. The van der Waals surface area contributed by atoms with Gasteiger partial charge >= 0.3 is 0 Å². The summed E-state index contributed by atoms with van der Waals surface area (Å²) in [6, 6.07) is 0.270. The summed E-state index contributed by atoms with van der Waals surface area (Å²) < 4.78 is 10.5. The molecule has 4 heteroatoms. The van der Waals surface area contributed by atoms with Gasteiger partial charge in [0, 0.05) is 19.6 Å². The van der Waals surface area contributed by atoms with E-state index >= 15 is 0 Å². The van der Waals surface area contributed by atoms with Gasteiger partial charge in [0.15, 0.2) is 6.29 Å². The molecule has 1 amide bonds. The van der Waals surface area contributed by atoms with Crippen molar-refractivity contribution >= 4 is 5.91 Å². The van der Waals surface area contributed by atoms with E-state index in [1.807, 2.05) is 6.92 Å². The molecule has 0 radical (unpaired) electrons. The molecule has 12 heavy (non-hydrogen) atoms. The first-order valence-corrected chi connectivity index (χ1v) is 4.21. The molecule has 0 saturated carbocycles.